The highest BCUT2D eigenvalue weighted by Gasteiger charge is 2.21. The second-order valence-corrected chi connectivity index (χ2v) is 4.30. The van der Waals surface area contributed by atoms with Crippen molar-refractivity contribution in [3.8, 4) is 5.75 Å². The van der Waals surface area contributed by atoms with Gasteiger partial charge in [-0.05, 0) is 30.0 Å². The molecule has 0 aromatic heterocycles. The van der Waals surface area contributed by atoms with E-state index in [9.17, 15) is 9.90 Å². The molecule has 0 heterocycles. The Bertz CT molecular complexity index is 358. The molecule has 1 aromatic rings. The number of hydrogen-bond acceptors (Lipinski definition) is 2. The highest BCUT2D eigenvalue weighted by molar-refractivity contribution is 5.76. The molecule has 0 radical (unpaired) electrons. The smallest absolute Gasteiger partial charge is 0.310 e. The molecule has 1 rings (SSSR count). The van der Waals surface area contributed by atoms with E-state index in [1.54, 1.807) is 13.2 Å². The van der Waals surface area contributed by atoms with Gasteiger partial charge in [0.15, 0.2) is 0 Å². The maximum absolute atomic E-state index is 11.2. The standard InChI is InChI=1S/C13H18O3/c1-9(2)7-12(13(14)15)10-5-4-6-11(8-10)16-3/h4-6,8-9,12H,7H2,1-3H3,(H,14,15). The SMILES string of the molecule is COc1cccc(C(CC(C)C)C(=O)O)c1. The number of ether oxygens (including phenoxy) is 1. The highest BCUT2D eigenvalue weighted by atomic mass is 16.5. The highest BCUT2D eigenvalue weighted by Crippen LogP contribution is 2.26. The molecule has 3 nitrogen and oxygen atoms in total. The van der Waals surface area contributed by atoms with Crippen molar-refractivity contribution in [2.24, 2.45) is 5.92 Å². The lowest BCUT2D eigenvalue weighted by molar-refractivity contribution is -0.139. The Kier molecular flexibility index (Phi) is 4.35. The van der Waals surface area contributed by atoms with Crippen LogP contribution in [0, 0.1) is 5.92 Å². The number of methoxy groups -OCH3 is 1. The van der Waals surface area contributed by atoms with Gasteiger partial charge < -0.3 is 9.84 Å². The molecule has 0 bridgehead atoms. The van der Waals surface area contributed by atoms with Crippen LogP contribution in [0.5, 0.6) is 5.75 Å². The van der Waals surface area contributed by atoms with Crippen molar-refractivity contribution in [1.29, 1.82) is 0 Å². The lowest BCUT2D eigenvalue weighted by atomic mass is 9.90. The van der Waals surface area contributed by atoms with Gasteiger partial charge in [0.05, 0.1) is 13.0 Å². The van der Waals surface area contributed by atoms with E-state index in [1.807, 2.05) is 32.0 Å². The predicted molar refractivity (Wildman–Crippen MR) is 62.8 cm³/mol. The summed E-state index contributed by atoms with van der Waals surface area (Å²) in [6.45, 7) is 4.05. The summed E-state index contributed by atoms with van der Waals surface area (Å²) in [6.07, 6.45) is 0.641. The number of rotatable bonds is 5. The predicted octanol–water partition coefficient (Wildman–Crippen LogP) is 2.91. The summed E-state index contributed by atoms with van der Waals surface area (Å²) in [6, 6.07) is 7.27. The fourth-order valence-electron chi connectivity index (χ4n) is 1.71. The number of carboxylic acids is 1. The van der Waals surface area contributed by atoms with Crippen LogP contribution in [0.2, 0.25) is 0 Å². The van der Waals surface area contributed by atoms with Gasteiger partial charge >= 0.3 is 5.97 Å². The molecule has 0 spiro atoms. The number of carboxylic acid groups (broad SMARTS) is 1. The summed E-state index contributed by atoms with van der Waals surface area (Å²) in [7, 11) is 1.58. The third-order valence-electron chi connectivity index (χ3n) is 2.50. The van der Waals surface area contributed by atoms with Crippen molar-refractivity contribution < 1.29 is 14.6 Å². The van der Waals surface area contributed by atoms with Gasteiger partial charge in [0.2, 0.25) is 0 Å². The quantitative estimate of drug-likeness (QED) is 0.833. The second-order valence-electron chi connectivity index (χ2n) is 4.30. The average Bonchev–Trinajstić information content (AvgIpc) is 2.25. The minimum absolute atomic E-state index is 0.354. The molecular formula is C13H18O3. The average molecular weight is 222 g/mol. The monoisotopic (exact) mass is 222 g/mol. The zero-order valence-electron chi connectivity index (χ0n) is 9.93. The summed E-state index contributed by atoms with van der Waals surface area (Å²) >= 11 is 0. The van der Waals surface area contributed by atoms with E-state index in [4.69, 9.17) is 4.74 Å². The van der Waals surface area contributed by atoms with E-state index in [0.717, 1.165) is 5.56 Å². The Hall–Kier alpha value is -1.51. The van der Waals surface area contributed by atoms with Crippen LogP contribution in [0.3, 0.4) is 0 Å². The molecule has 88 valence electrons. The van der Waals surface area contributed by atoms with Crippen molar-refractivity contribution >= 4 is 5.97 Å². The van der Waals surface area contributed by atoms with Crippen LogP contribution in [0.25, 0.3) is 0 Å². The zero-order valence-corrected chi connectivity index (χ0v) is 9.93. The third kappa shape index (κ3) is 3.26. The Morgan fingerprint density at radius 1 is 1.44 bits per heavy atom. The van der Waals surface area contributed by atoms with E-state index in [1.165, 1.54) is 0 Å². The van der Waals surface area contributed by atoms with Gasteiger partial charge in [-0.3, -0.25) is 4.79 Å². The molecule has 1 N–H and O–H groups in total. The van der Waals surface area contributed by atoms with Gasteiger partial charge in [0.1, 0.15) is 5.75 Å². The molecule has 1 unspecified atom stereocenters. The summed E-state index contributed by atoms with van der Waals surface area (Å²) in [5, 5.41) is 9.20. The van der Waals surface area contributed by atoms with Gasteiger partial charge in [-0.25, -0.2) is 0 Å². The van der Waals surface area contributed by atoms with Crippen LogP contribution in [-0.4, -0.2) is 18.2 Å². The Morgan fingerprint density at radius 3 is 2.62 bits per heavy atom. The zero-order chi connectivity index (χ0) is 12.1. The lowest BCUT2D eigenvalue weighted by Gasteiger charge is -2.15. The number of benzene rings is 1. The van der Waals surface area contributed by atoms with E-state index in [0.29, 0.717) is 18.1 Å². The molecule has 3 heteroatoms. The first kappa shape index (κ1) is 12.6. The maximum atomic E-state index is 11.2. The Balaban J connectivity index is 2.96. The first-order chi connectivity index (χ1) is 7.54. The largest absolute Gasteiger partial charge is 0.497 e. The van der Waals surface area contributed by atoms with Gasteiger partial charge in [0, 0.05) is 0 Å². The summed E-state index contributed by atoms with van der Waals surface area (Å²) in [5.41, 5.74) is 0.806. The van der Waals surface area contributed by atoms with Crippen molar-refractivity contribution in [3.63, 3.8) is 0 Å². The van der Waals surface area contributed by atoms with Crippen LogP contribution in [-0.2, 0) is 4.79 Å². The summed E-state index contributed by atoms with van der Waals surface area (Å²) < 4.78 is 5.10. The van der Waals surface area contributed by atoms with E-state index in [-0.39, 0.29) is 0 Å². The third-order valence-corrected chi connectivity index (χ3v) is 2.50. The number of aliphatic carboxylic acids is 1. The first-order valence-electron chi connectivity index (χ1n) is 5.41. The van der Waals surface area contributed by atoms with Crippen molar-refractivity contribution in [2.45, 2.75) is 26.2 Å². The number of carbonyl (C=O) groups is 1. The maximum Gasteiger partial charge on any atom is 0.310 e. The fourth-order valence-corrected chi connectivity index (χ4v) is 1.71. The summed E-state index contributed by atoms with van der Waals surface area (Å²) in [4.78, 5) is 11.2. The Labute approximate surface area is 96.1 Å². The van der Waals surface area contributed by atoms with E-state index < -0.39 is 11.9 Å². The van der Waals surface area contributed by atoms with Gasteiger partial charge in [-0.1, -0.05) is 26.0 Å². The molecule has 0 saturated heterocycles. The van der Waals surface area contributed by atoms with Crippen molar-refractivity contribution in [2.75, 3.05) is 7.11 Å². The molecular weight excluding hydrogens is 204 g/mol. The molecule has 1 atom stereocenters. The van der Waals surface area contributed by atoms with Gasteiger partial charge in [-0.15, -0.1) is 0 Å². The molecule has 0 aliphatic carbocycles. The normalized spacial score (nSPS) is 12.5. The van der Waals surface area contributed by atoms with Gasteiger partial charge in [0.25, 0.3) is 0 Å². The number of hydrogen-bond donors (Lipinski definition) is 1. The molecule has 0 saturated carbocycles. The van der Waals surface area contributed by atoms with E-state index in [2.05, 4.69) is 0 Å². The lowest BCUT2D eigenvalue weighted by Crippen LogP contribution is -2.14. The van der Waals surface area contributed by atoms with Gasteiger partial charge in [-0.2, -0.15) is 0 Å². The van der Waals surface area contributed by atoms with Crippen LogP contribution >= 0.6 is 0 Å². The second kappa shape index (κ2) is 5.54. The molecule has 0 aliphatic heterocycles. The molecule has 0 fully saturated rings. The van der Waals surface area contributed by atoms with Crippen LogP contribution in [0.15, 0.2) is 24.3 Å². The van der Waals surface area contributed by atoms with Crippen LogP contribution in [0.4, 0.5) is 0 Å². The molecule has 1 aromatic carbocycles. The van der Waals surface area contributed by atoms with Crippen LogP contribution in [0.1, 0.15) is 31.7 Å². The minimum Gasteiger partial charge on any atom is -0.497 e. The van der Waals surface area contributed by atoms with Crippen LogP contribution < -0.4 is 4.74 Å². The Morgan fingerprint density at radius 2 is 2.12 bits per heavy atom. The first-order valence-corrected chi connectivity index (χ1v) is 5.41. The molecule has 0 amide bonds. The van der Waals surface area contributed by atoms with Crippen molar-refractivity contribution in [1.82, 2.24) is 0 Å². The minimum atomic E-state index is -0.776. The fraction of sp³-hybridized carbons (Fsp3) is 0.462. The molecule has 16 heavy (non-hydrogen) atoms. The summed E-state index contributed by atoms with van der Waals surface area (Å²) in [5.74, 6) is -0.170. The molecule has 0 aliphatic rings. The van der Waals surface area contributed by atoms with Crippen molar-refractivity contribution in [3.05, 3.63) is 29.8 Å². The topological polar surface area (TPSA) is 46.5 Å². The van der Waals surface area contributed by atoms with E-state index >= 15 is 0 Å².